The van der Waals surface area contributed by atoms with Crippen molar-refractivity contribution in [3.63, 3.8) is 0 Å². The number of rotatable bonds is 3. The summed E-state index contributed by atoms with van der Waals surface area (Å²) in [6.07, 6.45) is 3.90. The second-order valence-electron chi connectivity index (χ2n) is 10.8. The molecule has 6 aromatic carbocycles. The standard InChI is InChI=1S/C38H23N5/c1-3-11-24(12-4-1)26-19-20-27-30(21-26)32-22-39-37(25-13-5-2-6-14-25)41-35(32)36-31(27)23-40-38(42-36)43-33-17-9-7-15-28(33)29-16-8-10-18-34(29)43/h1-23H. The van der Waals surface area contributed by atoms with E-state index in [9.17, 15) is 0 Å². The van der Waals surface area contributed by atoms with Crippen LogP contribution in [0, 0.1) is 0 Å². The normalized spacial score (nSPS) is 11.7. The quantitative estimate of drug-likeness (QED) is 0.206. The SMILES string of the molecule is c1ccc(-c2ccc3c(c2)c2cnc(-c4ccccc4)nc2c2nc(-n4c5ccccc5c5ccccc54)ncc32)cc1. The molecule has 0 atom stereocenters. The number of hydrogen-bond donors (Lipinski definition) is 0. The van der Waals surface area contributed by atoms with Gasteiger partial charge in [0.25, 0.3) is 0 Å². The molecule has 0 fully saturated rings. The molecule has 0 amide bonds. The van der Waals surface area contributed by atoms with Gasteiger partial charge in [0.1, 0.15) is 11.0 Å². The molecule has 0 aliphatic heterocycles. The minimum absolute atomic E-state index is 0.617. The molecule has 0 aliphatic carbocycles. The van der Waals surface area contributed by atoms with Crippen LogP contribution in [0.25, 0.3) is 82.8 Å². The number of para-hydroxylation sites is 2. The summed E-state index contributed by atoms with van der Waals surface area (Å²) in [7, 11) is 0. The molecule has 3 heterocycles. The average Bonchev–Trinajstić information content (AvgIpc) is 3.43. The average molecular weight is 550 g/mol. The van der Waals surface area contributed by atoms with Crippen molar-refractivity contribution in [3.8, 4) is 28.5 Å². The molecule has 9 aromatic rings. The summed E-state index contributed by atoms with van der Waals surface area (Å²) >= 11 is 0. The lowest BCUT2D eigenvalue weighted by Crippen LogP contribution is -2.02. The van der Waals surface area contributed by atoms with E-state index in [0.717, 1.165) is 60.3 Å². The van der Waals surface area contributed by atoms with Crippen molar-refractivity contribution in [2.24, 2.45) is 0 Å². The van der Waals surface area contributed by atoms with Crippen LogP contribution >= 0.6 is 0 Å². The third-order valence-electron chi connectivity index (χ3n) is 8.31. The molecule has 0 aliphatic rings. The molecule has 9 rings (SSSR count). The lowest BCUT2D eigenvalue weighted by molar-refractivity contribution is 1.01. The first kappa shape index (κ1) is 23.7. The highest BCUT2D eigenvalue weighted by Crippen LogP contribution is 2.37. The van der Waals surface area contributed by atoms with E-state index in [0.29, 0.717) is 11.8 Å². The van der Waals surface area contributed by atoms with Gasteiger partial charge in [-0.15, -0.1) is 0 Å². The van der Waals surface area contributed by atoms with Gasteiger partial charge in [0.15, 0.2) is 5.82 Å². The third kappa shape index (κ3) is 3.65. The predicted octanol–water partition coefficient (Wildman–Crippen LogP) is 9.16. The predicted molar refractivity (Wildman–Crippen MR) is 175 cm³/mol. The second-order valence-corrected chi connectivity index (χ2v) is 10.8. The van der Waals surface area contributed by atoms with Gasteiger partial charge in [-0.05, 0) is 40.1 Å². The van der Waals surface area contributed by atoms with Gasteiger partial charge >= 0.3 is 0 Å². The number of fused-ring (bicyclic) bond motifs is 9. The maximum Gasteiger partial charge on any atom is 0.235 e. The van der Waals surface area contributed by atoms with Gasteiger partial charge in [-0.1, -0.05) is 109 Å². The third-order valence-corrected chi connectivity index (χ3v) is 8.31. The Bertz CT molecular complexity index is 2450. The van der Waals surface area contributed by atoms with Crippen molar-refractivity contribution in [1.29, 1.82) is 0 Å². The van der Waals surface area contributed by atoms with Crippen molar-refractivity contribution >= 4 is 54.4 Å². The van der Waals surface area contributed by atoms with Crippen LogP contribution in [0.3, 0.4) is 0 Å². The Balaban J connectivity index is 1.39. The van der Waals surface area contributed by atoms with E-state index in [-0.39, 0.29) is 0 Å². The Morgan fingerprint density at radius 2 is 0.977 bits per heavy atom. The second kappa shape index (κ2) is 9.29. The fourth-order valence-electron chi connectivity index (χ4n) is 6.29. The van der Waals surface area contributed by atoms with Crippen molar-refractivity contribution in [1.82, 2.24) is 24.5 Å². The maximum atomic E-state index is 5.27. The van der Waals surface area contributed by atoms with Gasteiger partial charge in [0.05, 0.1) is 11.0 Å². The van der Waals surface area contributed by atoms with E-state index >= 15 is 0 Å². The first-order chi connectivity index (χ1) is 21.3. The van der Waals surface area contributed by atoms with Crippen LogP contribution < -0.4 is 0 Å². The van der Waals surface area contributed by atoms with Gasteiger partial charge in [0.2, 0.25) is 5.95 Å². The highest BCUT2D eigenvalue weighted by atomic mass is 15.2. The van der Waals surface area contributed by atoms with E-state index in [4.69, 9.17) is 19.9 Å². The van der Waals surface area contributed by atoms with Crippen molar-refractivity contribution < 1.29 is 0 Å². The molecule has 0 saturated carbocycles. The smallest absolute Gasteiger partial charge is 0.235 e. The van der Waals surface area contributed by atoms with E-state index in [1.165, 1.54) is 10.8 Å². The van der Waals surface area contributed by atoms with Crippen LogP contribution in [0.1, 0.15) is 0 Å². The van der Waals surface area contributed by atoms with Crippen molar-refractivity contribution in [2.45, 2.75) is 0 Å². The molecule has 0 bridgehead atoms. The Hall–Kier alpha value is -5.94. The summed E-state index contributed by atoms with van der Waals surface area (Å²) in [5, 5.41) is 6.43. The van der Waals surface area contributed by atoms with Crippen molar-refractivity contribution in [3.05, 3.63) is 140 Å². The van der Waals surface area contributed by atoms with Gasteiger partial charge in [-0.3, -0.25) is 4.57 Å². The van der Waals surface area contributed by atoms with Crippen LogP contribution in [0.4, 0.5) is 0 Å². The zero-order valence-corrected chi connectivity index (χ0v) is 23.0. The van der Waals surface area contributed by atoms with E-state index in [2.05, 4.69) is 95.6 Å². The van der Waals surface area contributed by atoms with Gasteiger partial charge in [0, 0.05) is 39.5 Å². The Kier molecular flexibility index (Phi) is 5.13. The molecule has 0 radical (unpaired) electrons. The number of hydrogen-bond acceptors (Lipinski definition) is 4. The summed E-state index contributed by atoms with van der Waals surface area (Å²) in [6, 6.07) is 44.0. The molecule has 200 valence electrons. The largest absolute Gasteiger partial charge is 0.278 e. The van der Waals surface area contributed by atoms with Crippen LogP contribution in [-0.2, 0) is 0 Å². The molecule has 43 heavy (non-hydrogen) atoms. The van der Waals surface area contributed by atoms with E-state index in [1.807, 2.05) is 48.8 Å². The Morgan fingerprint density at radius 1 is 0.395 bits per heavy atom. The zero-order chi connectivity index (χ0) is 28.3. The molecular formula is C38H23N5. The minimum atomic E-state index is 0.617. The highest BCUT2D eigenvalue weighted by molar-refractivity contribution is 6.23. The van der Waals surface area contributed by atoms with Gasteiger partial charge in [-0.25, -0.2) is 19.9 Å². The molecule has 0 unspecified atom stereocenters. The van der Waals surface area contributed by atoms with Crippen LogP contribution in [-0.4, -0.2) is 24.5 Å². The first-order valence-corrected chi connectivity index (χ1v) is 14.3. The number of aromatic nitrogens is 5. The molecule has 3 aromatic heterocycles. The molecule has 0 spiro atoms. The lowest BCUT2D eigenvalue weighted by atomic mass is 9.96. The Labute approximate surface area is 246 Å². The molecule has 0 N–H and O–H groups in total. The molecular weight excluding hydrogens is 526 g/mol. The molecule has 5 nitrogen and oxygen atoms in total. The fraction of sp³-hybridized carbons (Fsp3) is 0. The Morgan fingerprint density at radius 3 is 1.70 bits per heavy atom. The summed E-state index contributed by atoms with van der Waals surface area (Å²) in [4.78, 5) is 20.2. The van der Waals surface area contributed by atoms with Gasteiger partial charge in [-0.2, -0.15) is 0 Å². The molecule has 5 heteroatoms. The zero-order valence-electron chi connectivity index (χ0n) is 23.0. The van der Waals surface area contributed by atoms with Gasteiger partial charge < -0.3 is 0 Å². The highest BCUT2D eigenvalue weighted by Gasteiger charge is 2.18. The summed E-state index contributed by atoms with van der Waals surface area (Å²) in [5.41, 5.74) is 7.03. The van der Waals surface area contributed by atoms with Crippen LogP contribution in [0.2, 0.25) is 0 Å². The number of nitrogens with zero attached hydrogens (tertiary/aromatic N) is 5. The lowest BCUT2D eigenvalue weighted by Gasteiger charge is -2.13. The monoisotopic (exact) mass is 549 g/mol. The fourth-order valence-corrected chi connectivity index (χ4v) is 6.29. The number of benzene rings is 6. The van der Waals surface area contributed by atoms with Crippen LogP contribution in [0.15, 0.2) is 140 Å². The van der Waals surface area contributed by atoms with Crippen molar-refractivity contribution in [2.75, 3.05) is 0 Å². The summed E-state index contributed by atoms with van der Waals surface area (Å²) in [5.74, 6) is 1.29. The first-order valence-electron chi connectivity index (χ1n) is 14.3. The summed E-state index contributed by atoms with van der Waals surface area (Å²) < 4.78 is 2.15. The minimum Gasteiger partial charge on any atom is -0.278 e. The topological polar surface area (TPSA) is 56.5 Å². The van der Waals surface area contributed by atoms with Crippen LogP contribution in [0.5, 0.6) is 0 Å². The van der Waals surface area contributed by atoms with E-state index in [1.54, 1.807) is 0 Å². The maximum absolute atomic E-state index is 5.27. The molecule has 0 saturated heterocycles. The van der Waals surface area contributed by atoms with E-state index < -0.39 is 0 Å². The summed E-state index contributed by atoms with van der Waals surface area (Å²) in [6.45, 7) is 0.